The third kappa shape index (κ3) is 2.87. The lowest BCUT2D eigenvalue weighted by Gasteiger charge is -2.09. The van der Waals surface area contributed by atoms with Crippen molar-refractivity contribution in [3.05, 3.63) is 64.8 Å². The number of benzene rings is 2. The first-order chi connectivity index (χ1) is 10.5. The lowest BCUT2D eigenvalue weighted by molar-refractivity contribution is 0.102. The van der Waals surface area contributed by atoms with Crippen LogP contribution in [0, 0.1) is 6.92 Å². The van der Waals surface area contributed by atoms with Gasteiger partial charge in [0.15, 0.2) is 0 Å². The molecule has 0 saturated carbocycles. The minimum atomic E-state index is -0.275. The normalized spacial score (nSPS) is 10.6. The van der Waals surface area contributed by atoms with Gasteiger partial charge in [-0.3, -0.25) is 9.78 Å². The van der Waals surface area contributed by atoms with Crippen molar-refractivity contribution >= 4 is 34.1 Å². The molecule has 0 fully saturated rings. The molecule has 4 nitrogen and oxygen atoms in total. The van der Waals surface area contributed by atoms with E-state index < -0.39 is 0 Å². The summed E-state index contributed by atoms with van der Waals surface area (Å²) in [5.41, 5.74) is 2.48. The highest BCUT2D eigenvalue weighted by Gasteiger charge is 2.13. The van der Waals surface area contributed by atoms with Crippen LogP contribution in [0.2, 0.25) is 5.02 Å². The summed E-state index contributed by atoms with van der Waals surface area (Å²) in [4.78, 5) is 16.9. The van der Waals surface area contributed by atoms with Gasteiger partial charge >= 0.3 is 0 Å². The molecule has 0 radical (unpaired) electrons. The average Bonchev–Trinajstić information content (AvgIpc) is 2.47. The van der Waals surface area contributed by atoms with Crippen molar-refractivity contribution in [3.8, 4) is 5.75 Å². The van der Waals surface area contributed by atoms with Gasteiger partial charge in [-0.05, 0) is 43.3 Å². The first-order valence-electron chi connectivity index (χ1n) is 6.70. The molecule has 3 aromatic rings. The lowest BCUT2D eigenvalue weighted by atomic mass is 10.1. The summed E-state index contributed by atoms with van der Waals surface area (Å²) in [5.74, 6) is -0.181. The number of hydrogen-bond donors (Lipinski definition) is 2. The van der Waals surface area contributed by atoms with Gasteiger partial charge in [-0.2, -0.15) is 0 Å². The summed E-state index contributed by atoms with van der Waals surface area (Å²) in [6, 6.07) is 13.4. The van der Waals surface area contributed by atoms with E-state index in [1.807, 2.05) is 6.92 Å². The van der Waals surface area contributed by atoms with Gasteiger partial charge in [0.1, 0.15) is 5.75 Å². The fourth-order valence-electron chi connectivity index (χ4n) is 2.30. The van der Waals surface area contributed by atoms with E-state index in [9.17, 15) is 9.90 Å². The molecule has 2 aromatic carbocycles. The van der Waals surface area contributed by atoms with E-state index in [0.29, 0.717) is 27.2 Å². The van der Waals surface area contributed by atoms with Crippen LogP contribution in [0.5, 0.6) is 5.75 Å². The molecule has 1 aromatic heterocycles. The number of nitrogens with one attached hydrogen (secondary N) is 1. The smallest absolute Gasteiger partial charge is 0.256 e. The van der Waals surface area contributed by atoms with Crippen LogP contribution >= 0.6 is 11.6 Å². The topological polar surface area (TPSA) is 62.2 Å². The maximum atomic E-state index is 12.5. The number of halogens is 1. The van der Waals surface area contributed by atoms with E-state index in [0.717, 1.165) is 5.69 Å². The summed E-state index contributed by atoms with van der Waals surface area (Å²) in [6.45, 7) is 1.83. The number of rotatable bonds is 2. The Morgan fingerprint density at radius 3 is 2.77 bits per heavy atom. The van der Waals surface area contributed by atoms with Crippen LogP contribution in [-0.4, -0.2) is 16.0 Å². The number of aryl methyl sites for hydroxylation is 1. The molecule has 3 rings (SSSR count). The van der Waals surface area contributed by atoms with Crippen molar-refractivity contribution < 1.29 is 9.90 Å². The van der Waals surface area contributed by atoms with E-state index in [2.05, 4.69) is 10.3 Å². The standard InChI is InChI=1S/C17H13ClN2O2/c1-10-7-15(14-8-11(18)5-6-16(14)19-10)17(22)20-12-3-2-4-13(21)9-12/h2-9,21H,1H3,(H,20,22). The Balaban J connectivity index is 2.05. The van der Waals surface area contributed by atoms with Gasteiger partial charge in [0.05, 0.1) is 11.1 Å². The van der Waals surface area contributed by atoms with Gasteiger partial charge in [-0.1, -0.05) is 17.7 Å². The maximum absolute atomic E-state index is 12.5. The number of anilines is 1. The van der Waals surface area contributed by atoms with Crippen molar-refractivity contribution in [2.75, 3.05) is 5.32 Å². The molecule has 0 aliphatic heterocycles. The van der Waals surface area contributed by atoms with E-state index in [4.69, 9.17) is 11.6 Å². The SMILES string of the molecule is Cc1cc(C(=O)Nc2cccc(O)c2)c2cc(Cl)ccc2n1. The Morgan fingerprint density at radius 2 is 2.00 bits per heavy atom. The summed E-state index contributed by atoms with van der Waals surface area (Å²) in [7, 11) is 0. The van der Waals surface area contributed by atoms with Crippen LogP contribution in [-0.2, 0) is 0 Å². The number of phenols is 1. The molecule has 2 N–H and O–H groups in total. The Hall–Kier alpha value is -2.59. The molecule has 1 heterocycles. The van der Waals surface area contributed by atoms with Crippen LogP contribution in [0.25, 0.3) is 10.9 Å². The third-order valence-corrected chi connectivity index (χ3v) is 3.48. The van der Waals surface area contributed by atoms with Crippen molar-refractivity contribution in [3.63, 3.8) is 0 Å². The van der Waals surface area contributed by atoms with Gasteiger partial charge in [-0.15, -0.1) is 0 Å². The summed E-state index contributed by atoms with van der Waals surface area (Å²) in [6.07, 6.45) is 0. The largest absolute Gasteiger partial charge is 0.508 e. The van der Waals surface area contributed by atoms with Crippen molar-refractivity contribution in [2.45, 2.75) is 6.92 Å². The second-order valence-corrected chi connectivity index (χ2v) is 5.41. The molecule has 0 bridgehead atoms. The first-order valence-corrected chi connectivity index (χ1v) is 7.08. The summed E-state index contributed by atoms with van der Waals surface area (Å²) >= 11 is 6.02. The van der Waals surface area contributed by atoms with E-state index in [1.165, 1.54) is 6.07 Å². The number of phenolic OH excluding ortho intramolecular Hbond substituents is 1. The Labute approximate surface area is 132 Å². The van der Waals surface area contributed by atoms with Gasteiger partial charge in [-0.25, -0.2) is 0 Å². The highest BCUT2D eigenvalue weighted by atomic mass is 35.5. The number of aromatic nitrogens is 1. The minimum Gasteiger partial charge on any atom is -0.508 e. The number of pyridine rings is 1. The third-order valence-electron chi connectivity index (χ3n) is 3.25. The van der Waals surface area contributed by atoms with Crippen LogP contribution < -0.4 is 5.32 Å². The fourth-order valence-corrected chi connectivity index (χ4v) is 2.47. The molecule has 22 heavy (non-hydrogen) atoms. The van der Waals surface area contributed by atoms with E-state index in [-0.39, 0.29) is 11.7 Å². The van der Waals surface area contributed by atoms with E-state index >= 15 is 0 Å². The number of fused-ring (bicyclic) bond motifs is 1. The number of hydrogen-bond acceptors (Lipinski definition) is 3. The first kappa shape index (κ1) is 14.4. The molecule has 0 atom stereocenters. The van der Waals surface area contributed by atoms with Crippen LogP contribution in [0.15, 0.2) is 48.5 Å². The predicted octanol–water partition coefficient (Wildman–Crippen LogP) is 4.15. The number of amides is 1. The number of carbonyl (C=O) groups is 1. The predicted molar refractivity (Wildman–Crippen MR) is 87.6 cm³/mol. The monoisotopic (exact) mass is 312 g/mol. The van der Waals surface area contributed by atoms with Crippen molar-refractivity contribution in [2.24, 2.45) is 0 Å². The molecule has 1 amide bonds. The van der Waals surface area contributed by atoms with Gasteiger partial charge in [0.25, 0.3) is 5.91 Å². The summed E-state index contributed by atoms with van der Waals surface area (Å²) < 4.78 is 0. The molecule has 0 aliphatic rings. The number of nitrogens with zero attached hydrogens (tertiary/aromatic N) is 1. The minimum absolute atomic E-state index is 0.0941. The molecule has 5 heteroatoms. The zero-order valence-electron chi connectivity index (χ0n) is 11.8. The molecular weight excluding hydrogens is 300 g/mol. The quantitative estimate of drug-likeness (QED) is 0.747. The van der Waals surface area contributed by atoms with Crippen LogP contribution in [0.3, 0.4) is 0 Å². The van der Waals surface area contributed by atoms with E-state index in [1.54, 1.807) is 42.5 Å². The Kier molecular flexibility index (Phi) is 3.69. The second-order valence-electron chi connectivity index (χ2n) is 4.98. The molecule has 110 valence electrons. The fraction of sp³-hybridized carbons (Fsp3) is 0.0588. The number of carbonyl (C=O) groups excluding carboxylic acids is 1. The Bertz CT molecular complexity index is 878. The average molecular weight is 313 g/mol. The van der Waals surface area contributed by atoms with Gasteiger partial charge in [0.2, 0.25) is 0 Å². The van der Waals surface area contributed by atoms with Crippen molar-refractivity contribution in [1.82, 2.24) is 4.98 Å². The van der Waals surface area contributed by atoms with Gasteiger partial charge < -0.3 is 10.4 Å². The lowest BCUT2D eigenvalue weighted by Crippen LogP contribution is -2.13. The Morgan fingerprint density at radius 1 is 1.18 bits per heavy atom. The van der Waals surface area contributed by atoms with Crippen LogP contribution in [0.4, 0.5) is 5.69 Å². The molecule has 0 aliphatic carbocycles. The maximum Gasteiger partial charge on any atom is 0.256 e. The van der Waals surface area contributed by atoms with Crippen molar-refractivity contribution in [1.29, 1.82) is 0 Å². The van der Waals surface area contributed by atoms with Gasteiger partial charge in [0, 0.05) is 27.9 Å². The zero-order valence-corrected chi connectivity index (χ0v) is 12.6. The van der Waals surface area contributed by atoms with Crippen LogP contribution in [0.1, 0.15) is 16.1 Å². The molecule has 0 spiro atoms. The highest BCUT2D eigenvalue weighted by molar-refractivity contribution is 6.31. The highest BCUT2D eigenvalue weighted by Crippen LogP contribution is 2.24. The molecule has 0 saturated heterocycles. The zero-order chi connectivity index (χ0) is 15.7. The summed E-state index contributed by atoms with van der Waals surface area (Å²) in [5, 5.41) is 13.5. The molecular formula is C17H13ClN2O2. The second kappa shape index (κ2) is 5.66. The molecule has 0 unspecified atom stereocenters. The number of aromatic hydroxyl groups is 1.